The van der Waals surface area contributed by atoms with E-state index in [-0.39, 0.29) is 70.9 Å². The van der Waals surface area contributed by atoms with Gasteiger partial charge in [0.15, 0.2) is 12.1 Å². The van der Waals surface area contributed by atoms with Crippen molar-refractivity contribution in [3.05, 3.63) is 51.6 Å². The van der Waals surface area contributed by atoms with Gasteiger partial charge in [-0.05, 0) is 25.3 Å². The molecule has 1 heterocycles. The maximum atomic E-state index is 13.7. The minimum Gasteiger partial charge on any atom is -0.507 e. The Morgan fingerprint density at radius 3 is 2.44 bits per heavy atom. The zero-order valence-electron chi connectivity index (χ0n) is 22.4. The number of fused-ring (bicyclic) bond motifs is 3. The smallest absolute Gasteiger partial charge is 0.202 e. The number of phenolic OH excluding ortho intramolecular Hbond substituents is 2. The normalized spacial score (nSPS) is 29.9. The van der Waals surface area contributed by atoms with Crippen molar-refractivity contribution in [3.63, 3.8) is 0 Å². The van der Waals surface area contributed by atoms with Gasteiger partial charge in [0.1, 0.15) is 17.2 Å². The Bertz CT molecular complexity index is 1310. The lowest BCUT2D eigenvalue weighted by atomic mass is 9.72. The quantitative estimate of drug-likeness (QED) is 0.342. The number of hydrogen-bond donors (Lipinski definition) is 4. The van der Waals surface area contributed by atoms with Crippen LogP contribution in [0, 0.1) is 5.92 Å². The summed E-state index contributed by atoms with van der Waals surface area (Å²) < 4.78 is 22.7. The Hall–Kier alpha value is -3.02. The van der Waals surface area contributed by atoms with E-state index in [9.17, 15) is 30.0 Å². The standard InChI is InChI=1S/C29H34O10/c1-13-10-19(38-14(2)24(13)30)39-18-12-29(35,8-9-36-3)11-16-21(18)28(34)23-22(26(16)32)25(31)15-6-5-7-17(37-4)20(15)27(23)33/h5-7,13-14,18-19,24,30,32,34-35H,8-12H2,1-4H3/t13-,14?,18-,19-,24+,29-/m0/s1. The molecule has 0 radical (unpaired) electrons. The fourth-order valence-electron chi connectivity index (χ4n) is 6.14. The minimum atomic E-state index is -1.40. The number of rotatable bonds is 6. The van der Waals surface area contributed by atoms with Crippen LogP contribution >= 0.6 is 0 Å². The Morgan fingerprint density at radius 2 is 1.77 bits per heavy atom. The molecule has 0 amide bonds. The van der Waals surface area contributed by atoms with Crippen LogP contribution in [0.3, 0.4) is 0 Å². The molecule has 210 valence electrons. The molecule has 10 nitrogen and oxygen atoms in total. The van der Waals surface area contributed by atoms with E-state index in [0.29, 0.717) is 6.42 Å². The lowest BCUT2D eigenvalue weighted by Crippen LogP contribution is -2.45. The monoisotopic (exact) mass is 542 g/mol. The molecule has 0 aromatic heterocycles. The first-order chi connectivity index (χ1) is 18.5. The van der Waals surface area contributed by atoms with E-state index < -0.39 is 53.3 Å². The molecule has 0 saturated carbocycles. The van der Waals surface area contributed by atoms with Gasteiger partial charge in [0.25, 0.3) is 0 Å². The van der Waals surface area contributed by atoms with E-state index in [2.05, 4.69) is 0 Å². The van der Waals surface area contributed by atoms with Gasteiger partial charge in [0.05, 0.1) is 47.7 Å². The van der Waals surface area contributed by atoms with Gasteiger partial charge < -0.3 is 39.4 Å². The summed E-state index contributed by atoms with van der Waals surface area (Å²) in [5.74, 6) is -2.22. The lowest BCUT2D eigenvalue weighted by molar-refractivity contribution is -0.256. The number of methoxy groups -OCH3 is 2. The Morgan fingerprint density at radius 1 is 1.05 bits per heavy atom. The number of benzene rings is 2. The fourth-order valence-corrected chi connectivity index (χ4v) is 6.14. The summed E-state index contributed by atoms with van der Waals surface area (Å²) in [7, 11) is 2.88. The molecule has 4 N–H and O–H groups in total. The first-order valence-corrected chi connectivity index (χ1v) is 13.1. The molecule has 39 heavy (non-hydrogen) atoms. The summed E-state index contributed by atoms with van der Waals surface area (Å²) >= 11 is 0. The molecule has 0 spiro atoms. The molecule has 5 rings (SSSR count). The third-order valence-corrected chi connectivity index (χ3v) is 8.24. The Balaban J connectivity index is 1.65. The van der Waals surface area contributed by atoms with Crippen LogP contribution in [0.4, 0.5) is 0 Å². The van der Waals surface area contributed by atoms with Gasteiger partial charge in [0.2, 0.25) is 5.78 Å². The number of hydrogen-bond acceptors (Lipinski definition) is 10. The summed E-state index contributed by atoms with van der Waals surface area (Å²) in [6.45, 7) is 3.83. The SMILES string of the molecule is COCC[C@]1(O)Cc2c(O)c3c(c(O)c2[C@@H](O[C@H]2C[C@H](C)[C@@H](O)C(C)O2)C1)C(=O)c1c(OC)cccc1C3=O. The van der Waals surface area contributed by atoms with E-state index >= 15 is 0 Å². The average Bonchev–Trinajstić information content (AvgIpc) is 2.90. The van der Waals surface area contributed by atoms with Gasteiger partial charge in [-0.25, -0.2) is 0 Å². The second kappa shape index (κ2) is 10.2. The van der Waals surface area contributed by atoms with Crippen LogP contribution in [0.5, 0.6) is 17.2 Å². The lowest BCUT2D eigenvalue weighted by Gasteiger charge is -2.43. The minimum absolute atomic E-state index is 0.00396. The number of carbonyl (C=O) groups excluding carboxylic acids is 2. The third-order valence-electron chi connectivity index (χ3n) is 8.24. The van der Waals surface area contributed by atoms with Crippen LogP contribution in [0.2, 0.25) is 0 Å². The van der Waals surface area contributed by atoms with Crippen LogP contribution in [0.1, 0.15) is 82.2 Å². The number of ether oxygens (including phenoxy) is 4. The van der Waals surface area contributed by atoms with Crippen molar-refractivity contribution in [2.45, 2.75) is 69.7 Å². The molecule has 1 unspecified atom stereocenters. The highest BCUT2D eigenvalue weighted by Gasteiger charge is 2.47. The molecular weight excluding hydrogens is 508 g/mol. The van der Waals surface area contributed by atoms with Gasteiger partial charge in [-0.3, -0.25) is 9.59 Å². The highest BCUT2D eigenvalue weighted by Crippen LogP contribution is 2.53. The highest BCUT2D eigenvalue weighted by atomic mass is 16.7. The molecule has 0 bridgehead atoms. The zero-order chi connectivity index (χ0) is 28.2. The summed E-state index contributed by atoms with van der Waals surface area (Å²) in [6, 6.07) is 4.58. The van der Waals surface area contributed by atoms with E-state index in [1.54, 1.807) is 19.1 Å². The number of ketones is 2. The first kappa shape index (κ1) is 27.5. The highest BCUT2D eigenvalue weighted by molar-refractivity contribution is 6.31. The third kappa shape index (κ3) is 4.50. The van der Waals surface area contributed by atoms with Gasteiger partial charge in [-0.1, -0.05) is 19.1 Å². The summed E-state index contributed by atoms with van der Waals surface area (Å²) in [6.07, 6.45) is -2.49. The molecule has 10 heteroatoms. The summed E-state index contributed by atoms with van der Waals surface area (Å²) in [5, 5.41) is 44.9. The molecule has 1 aliphatic heterocycles. The van der Waals surface area contributed by atoms with Gasteiger partial charge >= 0.3 is 0 Å². The van der Waals surface area contributed by atoms with Crippen molar-refractivity contribution < 1.29 is 49.0 Å². The number of carbonyl (C=O) groups is 2. The van der Waals surface area contributed by atoms with Crippen molar-refractivity contribution in [3.8, 4) is 17.2 Å². The molecule has 2 aromatic rings. The summed E-state index contributed by atoms with van der Waals surface area (Å²) in [4.78, 5) is 27.3. The van der Waals surface area contributed by atoms with Crippen LogP contribution < -0.4 is 4.74 Å². The molecule has 2 aliphatic carbocycles. The zero-order valence-corrected chi connectivity index (χ0v) is 22.4. The second-order valence-electron chi connectivity index (χ2n) is 10.8. The topological polar surface area (TPSA) is 152 Å². The van der Waals surface area contributed by atoms with Crippen molar-refractivity contribution in [2.75, 3.05) is 20.8 Å². The van der Waals surface area contributed by atoms with Crippen molar-refractivity contribution >= 4 is 11.6 Å². The predicted molar refractivity (Wildman–Crippen MR) is 137 cm³/mol. The Labute approximate surface area is 226 Å². The molecule has 6 atom stereocenters. The number of aromatic hydroxyl groups is 2. The van der Waals surface area contributed by atoms with E-state index in [0.717, 1.165) is 0 Å². The molecule has 1 saturated heterocycles. The maximum Gasteiger partial charge on any atom is 0.202 e. The van der Waals surface area contributed by atoms with Crippen LogP contribution in [-0.2, 0) is 20.6 Å². The average molecular weight is 543 g/mol. The predicted octanol–water partition coefficient (Wildman–Crippen LogP) is 2.79. The van der Waals surface area contributed by atoms with Crippen molar-refractivity contribution in [1.29, 1.82) is 0 Å². The molecule has 3 aliphatic rings. The van der Waals surface area contributed by atoms with Gasteiger partial charge in [-0.15, -0.1) is 0 Å². The largest absolute Gasteiger partial charge is 0.507 e. The number of aliphatic hydroxyl groups is 2. The van der Waals surface area contributed by atoms with Gasteiger partial charge in [0, 0.05) is 49.7 Å². The van der Waals surface area contributed by atoms with Crippen LogP contribution in [-0.4, -0.2) is 76.9 Å². The second-order valence-corrected chi connectivity index (χ2v) is 10.8. The summed E-state index contributed by atoms with van der Waals surface area (Å²) in [5.41, 5.74) is -1.73. The van der Waals surface area contributed by atoms with Crippen molar-refractivity contribution in [1.82, 2.24) is 0 Å². The van der Waals surface area contributed by atoms with E-state index in [1.165, 1.54) is 20.3 Å². The van der Waals surface area contributed by atoms with E-state index in [4.69, 9.17) is 18.9 Å². The molecular formula is C29H34O10. The van der Waals surface area contributed by atoms with Crippen LogP contribution in [0.15, 0.2) is 18.2 Å². The number of aliphatic hydroxyl groups excluding tert-OH is 1. The molecule has 1 fully saturated rings. The van der Waals surface area contributed by atoms with Gasteiger partial charge in [-0.2, -0.15) is 0 Å². The first-order valence-electron chi connectivity index (χ1n) is 13.1. The van der Waals surface area contributed by atoms with Crippen LogP contribution in [0.25, 0.3) is 0 Å². The van der Waals surface area contributed by atoms with E-state index in [1.807, 2.05) is 6.92 Å². The Kier molecular flexibility index (Phi) is 7.19. The maximum absolute atomic E-state index is 13.7. The fraction of sp³-hybridized carbons (Fsp3) is 0.517. The van der Waals surface area contributed by atoms with Crippen molar-refractivity contribution in [2.24, 2.45) is 5.92 Å². The molecule has 2 aromatic carbocycles. The number of phenols is 2.